The molecule has 1 aliphatic heterocycles. The van der Waals surface area contributed by atoms with E-state index in [-0.39, 0.29) is 18.0 Å². The number of pyridine rings is 1. The van der Waals surface area contributed by atoms with Crippen LogP contribution in [0.4, 0.5) is 20.3 Å². The van der Waals surface area contributed by atoms with Gasteiger partial charge < -0.3 is 15.8 Å². The number of nitrogens with zero attached hydrogens (tertiary/aromatic N) is 2. The van der Waals surface area contributed by atoms with Gasteiger partial charge in [-0.15, -0.1) is 0 Å². The highest BCUT2D eigenvalue weighted by Crippen LogP contribution is 2.37. The Kier molecular flexibility index (Phi) is 4.51. The number of hydrogen-bond donors (Lipinski definition) is 2. The van der Waals surface area contributed by atoms with Gasteiger partial charge in [0.2, 0.25) is 6.36 Å². The SMILES string of the molecule is CC1(c2cc(Nc3ncccc3Br)ccc2F)N=C(N)COC1F. The van der Waals surface area contributed by atoms with Crippen LogP contribution in [0, 0.1) is 5.82 Å². The minimum Gasteiger partial charge on any atom is -0.385 e. The van der Waals surface area contributed by atoms with E-state index in [0.29, 0.717) is 11.5 Å². The fourth-order valence-corrected chi connectivity index (χ4v) is 2.84. The zero-order valence-electron chi connectivity index (χ0n) is 12.8. The Balaban J connectivity index is 2.01. The largest absolute Gasteiger partial charge is 0.385 e. The summed E-state index contributed by atoms with van der Waals surface area (Å²) in [5.41, 5.74) is 4.69. The highest BCUT2D eigenvalue weighted by molar-refractivity contribution is 9.10. The summed E-state index contributed by atoms with van der Waals surface area (Å²) in [6, 6.07) is 7.85. The Bertz CT molecular complexity index is 801. The first-order valence-electron chi connectivity index (χ1n) is 7.17. The van der Waals surface area contributed by atoms with Gasteiger partial charge >= 0.3 is 0 Å². The van der Waals surface area contributed by atoms with Crippen LogP contribution in [0.3, 0.4) is 0 Å². The molecule has 3 rings (SSSR count). The van der Waals surface area contributed by atoms with Crippen molar-refractivity contribution in [2.45, 2.75) is 18.8 Å². The smallest absolute Gasteiger partial charge is 0.228 e. The predicted molar refractivity (Wildman–Crippen MR) is 91.4 cm³/mol. The molecule has 0 spiro atoms. The molecule has 0 radical (unpaired) electrons. The molecule has 0 aliphatic carbocycles. The average molecular weight is 397 g/mol. The van der Waals surface area contributed by atoms with Crippen LogP contribution >= 0.6 is 15.9 Å². The molecule has 2 atom stereocenters. The van der Waals surface area contributed by atoms with Crippen molar-refractivity contribution < 1.29 is 13.5 Å². The van der Waals surface area contributed by atoms with Crippen LogP contribution in [-0.2, 0) is 10.3 Å². The second-order valence-corrected chi connectivity index (χ2v) is 6.39. The van der Waals surface area contributed by atoms with Gasteiger partial charge in [-0.25, -0.2) is 13.8 Å². The Hall–Kier alpha value is -2.06. The maximum Gasteiger partial charge on any atom is 0.228 e. The third-order valence-corrected chi connectivity index (χ3v) is 4.37. The summed E-state index contributed by atoms with van der Waals surface area (Å²) >= 11 is 3.37. The van der Waals surface area contributed by atoms with Gasteiger partial charge in [0.05, 0.1) is 4.47 Å². The number of rotatable bonds is 3. The Morgan fingerprint density at radius 3 is 2.96 bits per heavy atom. The van der Waals surface area contributed by atoms with Crippen LogP contribution in [0.5, 0.6) is 0 Å². The third-order valence-electron chi connectivity index (χ3n) is 3.73. The molecule has 126 valence electrons. The van der Waals surface area contributed by atoms with E-state index < -0.39 is 17.7 Å². The van der Waals surface area contributed by atoms with E-state index in [2.05, 4.69) is 31.2 Å². The van der Waals surface area contributed by atoms with Crippen LogP contribution in [-0.4, -0.2) is 23.8 Å². The number of benzene rings is 1. The van der Waals surface area contributed by atoms with Crippen LogP contribution in [0.25, 0.3) is 0 Å². The van der Waals surface area contributed by atoms with Crippen molar-refractivity contribution >= 4 is 33.3 Å². The summed E-state index contributed by atoms with van der Waals surface area (Å²) in [6.07, 6.45) is -0.174. The Morgan fingerprint density at radius 2 is 2.21 bits per heavy atom. The van der Waals surface area contributed by atoms with Crippen LogP contribution < -0.4 is 11.1 Å². The standard InChI is InChI=1S/C16H15BrF2N4O/c1-16(15(19)24-8-13(20)23-16)10-7-9(4-5-12(10)18)22-14-11(17)3-2-6-21-14/h2-7,15H,8H2,1H3,(H2,20,23)(H,21,22). The molecule has 0 fully saturated rings. The summed E-state index contributed by atoms with van der Waals surface area (Å²) < 4.78 is 34.3. The topological polar surface area (TPSA) is 72.5 Å². The Labute approximate surface area is 146 Å². The quantitative estimate of drug-likeness (QED) is 0.830. The van der Waals surface area contributed by atoms with Gasteiger partial charge in [0.25, 0.3) is 0 Å². The molecule has 0 saturated carbocycles. The van der Waals surface area contributed by atoms with Crippen molar-refractivity contribution in [3.05, 3.63) is 52.4 Å². The first-order valence-corrected chi connectivity index (χ1v) is 7.97. The van der Waals surface area contributed by atoms with Crippen LogP contribution in [0.15, 0.2) is 46.0 Å². The first kappa shape index (κ1) is 16.8. The molecule has 2 heterocycles. The van der Waals surface area contributed by atoms with Gasteiger partial charge in [-0.1, -0.05) is 0 Å². The molecule has 0 saturated heterocycles. The van der Waals surface area contributed by atoms with Crippen LogP contribution in [0.2, 0.25) is 0 Å². The molecule has 24 heavy (non-hydrogen) atoms. The van der Waals surface area contributed by atoms with E-state index >= 15 is 0 Å². The fourth-order valence-electron chi connectivity index (χ4n) is 2.49. The van der Waals surface area contributed by atoms with Gasteiger partial charge in [-0.3, -0.25) is 4.99 Å². The van der Waals surface area contributed by atoms with E-state index in [9.17, 15) is 8.78 Å². The lowest BCUT2D eigenvalue weighted by Gasteiger charge is -2.33. The van der Waals surface area contributed by atoms with E-state index in [1.54, 1.807) is 12.3 Å². The lowest BCUT2D eigenvalue weighted by atomic mass is 9.90. The maximum absolute atomic E-state index is 14.3. The highest BCUT2D eigenvalue weighted by atomic mass is 79.9. The van der Waals surface area contributed by atoms with Crippen LogP contribution in [0.1, 0.15) is 12.5 Å². The van der Waals surface area contributed by atoms with E-state index in [1.807, 2.05) is 6.07 Å². The van der Waals surface area contributed by atoms with Crippen molar-refractivity contribution in [3.8, 4) is 0 Å². The number of ether oxygens (including phenoxy) is 1. The number of nitrogens with one attached hydrogen (secondary N) is 1. The van der Waals surface area contributed by atoms with Crippen molar-refractivity contribution in [1.82, 2.24) is 4.98 Å². The molecule has 5 nitrogen and oxygen atoms in total. The van der Waals surface area contributed by atoms with E-state index in [4.69, 9.17) is 10.5 Å². The number of alkyl halides is 1. The number of anilines is 2. The van der Waals surface area contributed by atoms with Gasteiger partial charge in [0.1, 0.15) is 29.6 Å². The summed E-state index contributed by atoms with van der Waals surface area (Å²) in [4.78, 5) is 8.28. The minimum atomic E-state index is -1.80. The molecular weight excluding hydrogens is 382 g/mol. The number of hydrogen-bond acceptors (Lipinski definition) is 5. The first-order chi connectivity index (χ1) is 11.4. The number of nitrogens with two attached hydrogens (primary N) is 1. The van der Waals surface area contributed by atoms with Crippen molar-refractivity contribution in [3.63, 3.8) is 0 Å². The summed E-state index contributed by atoms with van der Waals surface area (Å²) in [7, 11) is 0. The molecule has 1 aromatic heterocycles. The monoisotopic (exact) mass is 396 g/mol. The van der Waals surface area contributed by atoms with E-state index in [0.717, 1.165) is 4.47 Å². The fraction of sp³-hybridized carbons (Fsp3) is 0.250. The van der Waals surface area contributed by atoms with Crippen molar-refractivity contribution in [1.29, 1.82) is 0 Å². The molecule has 2 aromatic rings. The zero-order chi connectivity index (χ0) is 17.3. The number of amidine groups is 1. The molecule has 1 aliphatic rings. The summed E-state index contributed by atoms with van der Waals surface area (Å²) in [5.74, 6) is 0.0874. The summed E-state index contributed by atoms with van der Waals surface area (Å²) in [5, 5.41) is 3.05. The van der Waals surface area contributed by atoms with Gasteiger partial charge in [-0.05, 0) is 53.2 Å². The molecular formula is C16H15BrF2N4O. The number of aromatic nitrogens is 1. The molecule has 1 aromatic carbocycles. The summed E-state index contributed by atoms with van der Waals surface area (Å²) in [6.45, 7) is 1.33. The van der Waals surface area contributed by atoms with Gasteiger partial charge in [0, 0.05) is 17.4 Å². The zero-order valence-corrected chi connectivity index (χ0v) is 14.3. The Morgan fingerprint density at radius 1 is 1.42 bits per heavy atom. The lowest BCUT2D eigenvalue weighted by molar-refractivity contribution is -0.0805. The highest BCUT2D eigenvalue weighted by Gasteiger charge is 2.42. The second kappa shape index (κ2) is 6.45. The normalized spacial score (nSPS) is 23.7. The number of aliphatic imine (C=N–C) groups is 1. The number of halogens is 3. The molecule has 0 bridgehead atoms. The molecule has 8 heteroatoms. The van der Waals surface area contributed by atoms with Gasteiger partial charge in [-0.2, -0.15) is 0 Å². The molecule has 0 amide bonds. The lowest BCUT2D eigenvalue weighted by Crippen LogP contribution is -2.43. The predicted octanol–water partition coefficient (Wildman–Crippen LogP) is 3.63. The van der Waals surface area contributed by atoms with Crippen molar-refractivity contribution in [2.75, 3.05) is 11.9 Å². The molecule has 3 N–H and O–H groups in total. The maximum atomic E-state index is 14.3. The van der Waals surface area contributed by atoms with Crippen molar-refractivity contribution in [2.24, 2.45) is 10.7 Å². The molecule has 2 unspecified atom stereocenters. The second-order valence-electron chi connectivity index (χ2n) is 5.53. The average Bonchev–Trinajstić information content (AvgIpc) is 2.55. The van der Waals surface area contributed by atoms with Gasteiger partial charge in [0.15, 0.2) is 0 Å². The minimum absolute atomic E-state index is 0.0507. The van der Waals surface area contributed by atoms with E-state index in [1.165, 1.54) is 25.1 Å². The third kappa shape index (κ3) is 3.11.